The molecule has 5 nitrogen and oxygen atoms in total. The van der Waals surface area contributed by atoms with Gasteiger partial charge in [-0.1, -0.05) is 18.2 Å². The average Bonchev–Trinajstić information content (AvgIpc) is 3.07. The number of rotatable bonds is 8. The molecule has 0 radical (unpaired) electrons. The zero-order valence-corrected chi connectivity index (χ0v) is 16.5. The van der Waals surface area contributed by atoms with Gasteiger partial charge in [-0.3, -0.25) is 9.59 Å². The number of likely N-dealkylation sites (tertiary alicyclic amines) is 1. The molecule has 0 spiro atoms. The van der Waals surface area contributed by atoms with Crippen molar-refractivity contribution in [2.24, 2.45) is 5.92 Å². The minimum Gasteiger partial charge on any atom is -0.341 e. The molecule has 7 heteroatoms. The van der Waals surface area contributed by atoms with Crippen LogP contribution in [-0.2, 0) is 4.79 Å². The van der Waals surface area contributed by atoms with Crippen LogP contribution < -0.4 is 10.6 Å². The van der Waals surface area contributed by atoms with E-state index in [2.05, 4.69) is 10.6 Å². The van der Waals surface area contributed by atoms with E-state index in [1.807, 2.05) is 36.4 Å². The van der Waals surface area contributed by atoms with Crippen LogP contribution in [0.4, 0.5) is 0 Å². The summed E-state index contributed by atoms with van der Waals surface area (Å²) in [5.41, 5.74) is 0.592. The number of nitrogens with zero attached hydrogens (tertiary/aromatic N) is 1. The van der Waals surface area contributed by atoms with E-state index in [-0.39, 0.29) is 24.2 Å². The van der Waals surface area contributed by atoms with Crippen molar-refractivity contribution in [1.29, 1.82) is 0 Å². The number of nitrogens with one attached hydrogen (secondary N) is 2. The third-order valence-electron chi connectivity index (χ3n) is 4.34. The van der Waals surface area contributed by atoms with E-state index < -0.39 is 6.04 Å². The first-order valence-electron chi connectivity index (χ1n) is 8.44. The Bertz CT molecular complexity index is 544. The predicted molar refractivity (Wildman–Crippen MR) is 107 cm³/mol. The van der Waals surface area contributed by atoms with E-state index in [4.69, 9.17) is 0 Å². The van der Waals surface area contributed by atoms with Crippen LogP contribution in [0.2, 0.25) is 0 Å². The van der Waals surface area contributed by atoms with Crippen molar-refractivity contribution in [3.8, 4) is 0 Å². The molecule has 1 aliphatic heterocycles. The van der Waals surface area contributed by atoms with Gasteiger partial charge in [0.1, 0.15) is 6.04 Å². The molecule has 2 rings (SSSR count). The van der Waals surface area contributed by atoms with E-state index in [1.54, 1.807) is 23.9 Å². The van der Waals surface area contributed by atoms with Crippen molar-refractivity contribution in [3.63, 3.8) is 0 Å². The summed E-state index contributed by atoms with van der Waals surface area (Å²) in [7, 11) is 1.94. The van der Waals surface area contributed by atoms with Crippen LogP contribution in [0, 0.1) is 5.92 Å². The van der Waals surface area contributed by atoms with E-state index in [9.17, 15) is 9.59 Å². The molecule has 1 fully saturated rings. The Hall–Kier alpha value is -1.24. The molecule has 1 heterocycles. The summed E-state index contributed by atoms with van der Waals surface area (Å²) >= 11 is 1.69. The lowest BCUT2D eigenvalue weighted by molar-refractivity contribution is -0.132. The summed E-state index contributed by atoms with van der Waals surface area (Å²) in [5, 5.41) is 6.11. The Morgan fingerprint density at radius 3 is 2.68 bits per heavy atom. The van der Waals surface area contributed by atoms with Crippen molar-refractivity contribution in [1.82, 2.24) is 15.5 Å². The second-order valence-corrected chi connectivity index (χ2v) is 7.16. The maximum absolute atomic E-state index is 12.8. The van der Waals surface area contributed by atoms with Gasteiger partial charge in [0, 0.05) is 18.7 Å². The third kappa shape index (κ3) is 6.53. The highest BCUT2D eigenvalue weighted by molar-refractivity contribution is 7.98. The number of carbonyl (C=O) groups excluding carboxylic acids is 2. The summed E-state index contributed by atoms with van der Waals surface area (Å²) in [6.07, 6.45) is 3.69. The minimum atomic E-state index is -0.446. The van der Waals surface area contributed by atoms with Crippen molar-refractivity contribution in [3.05, 3.63) is 35.9 Å². The molecular weight excluding hydrogens is 358 g/mol. The van der Waals surface area contributed by atoms with Crippen LogP contribution in [0.1, 0.15) is 23.2 Å². The van der Waals surface area contributed by atoms with E-state index >= 15 is 0 Å². The molecule has 0 bridgehead atoms. The Labute approximate surface area is 160 Å². The number of hydrogen-bond donors (Lipinski definition) is 2. The zero-order valence-electron chi connectivity index (χ0n) is 14.9. The predicted octanol–water partition coefficient (Wildman–Crippen LogP) is 2.03. The van der Waals surface area contributed by atoms with Crippen molar-refractivity contribution >= 4 is 36.0 Å². The molecule has 0 aliphatic carbocycles. The van der Waals surface area contributed by atoms with Crippen molar-refractivity contribution in [2.45, 2.75) is 18.9 Å². The molecule has 140 valence electrons. The van der Waals surface area contributed by atoms with E-state index in [1.165, 1.54) is 0 Å². The zero-order chi connectivity index (χ0) is 17.4. The lowest BCUT2D eigenvalue weighted by Crippen LogP contribution is -2.48. The van der Waals surface area contributed by atoms with Gasteiger partial charge in [-0.05, 0) is 56.5 Å². The molecule has 2 amide bonds. The highest BCUT2D eigenvalue weighted by Crippen LogP contribution is 2.17. The summed E-state index contributed by atoms with van der Waals surface area (Å²) in [4.78, 5) is 27.2. The molecule has 1 aromatic carbocycles. The standard InChI is InChI=1S/C18H27N3O2S.ClH/c1-19-12-14-8-10-21(13-14)18(23)16(9-11-24-2)20-17(22)15-6-4-3-5-7-15;/h3-7,14,16,19H,8-13H2,1-2H3,(H,20,22);1H. The SMILES string of the molecule is CNCC1CCN(C(=O)C(CCSC)NC(=O)c2ccccc2)C1.Cl. The summed E-state index contributed by atoms with van der Waals surface area (Å²) in [6, 6.07) is 8.62. The van der Waals surface area contributed by atoms with E-state index in [0.29, 0.717) is 17.9 Å². The molecule has 0 aromatic heterocycles. The van der Waals surface area contributed by atoms with Gasteiger partial charge in [-0.15, -0.1) is 12.4 Å². The molecule has 2 atom stereocenters. The van der Waals surface area contributed by atoms with Crippen LogP contribution in [-0.4, -0.2) is 61.4 Å². The van der Waals surface area contributed by atoms with Gasteiger partial charge in [-0.2, -0.15) is 11.8 Å². The second-order valence-electron chi connectivity index (χ2n) is 6.17. The maximum Gasteiger partial charge on any atom is 0.251 e. The Morgan fingerprint density at radius 1 is 1.32 bits per heavy atom. The molecule has 1 aliphatic rings. The lowest BCUT2D eigenvalue weighted by atomic mass is 10.1. The fourth-order valence-electron chi connectivity index (χ4n) is 3.03. The molecule has 1 saturated heterocycles. The van der Waals surface area contributed by atoms with Gasteiger partial charge in [0.25, 0.3) is 5.91 Å². The molecule has 25 heavy (non-hydrogen) atoms. The Kier molecular flexibility index (Phi) is 9.93. The normalized spacial score (nSPS) is 17.7. The van der Waals surface area contributed by atoms with Gasteiger partial charge >= 0.3 is 0 Å². The first-order chi connectivity index (χ1) is 11.7. The van der Waals surface area contributed by atoms with Gasteiger partial charge < -0.3 is 15.5 Å². The number of thioether (sulfide) groups is 1. The number of carbonyl (C=O) groups is 2. The van der Waals surface area contributed by atoms with Gasteiger partial charge in [-0.25, -0.2) is 0 Å². The Morgan fingerprint density at radius 2 is 2.04 bits per heavy atom. The fraction of sp³-hybridized carbons (Fsp3) is 0.556. The first kappa shape index (κ1) is 21.8. The summed E-state index contributed by atoms with van der Waals surface area (Å²) in [6.45, 7) is 2.48. The van der Waals surface area contributed by atoms with Gasteiger partial charge in [0.2, 0.25) is 5.91 Å². The highest BCUT2D eigenvalue weighted by Gasteiger charge is 2.31. The molecule has 2 unspecified atom stereocenters. The van der Waals surface area contributed by atoms with Gasteiger partial charge in [0.05, 0.1) is 0 Å². The van der Waals surface area contributed by atoms with Crippen LogP contribution in [0.15, 0.2) is 30.3 Å². The second kappa shape index (κ2) is 11.4. The minimum absolute atomic E-state index is 0. The summed E-state index contributed by atoms with van der Waals surface area (Å²) in [5.74, 6) is 1.22. The smallest absolute Gasteiger partial charge is 0.251 e. The fourth-order valence-corrected chi connectivity index (χ4v) is 3.50. The van der Waals surface area contributed by atoms with Crippen LogP contribution in [0.25, 0.3) is 0 Å². The van der Waals surface area contributed by atoms with E-state index in [0.717, 1.165) is 31.8 Å². The molecule has 1 aromatic rings. The molecular formula is C18H28ClN3O2S. The molecule has 2 N–H and O–H groups in total. The third-order valence-corrected chi connectivity index (χ3v) is 4.98. The lowest BCUT2D eigenvalue weighted by Gasteiger charge is -2.24. The largest absolute Gasteiger partial charge is 0.341 e. The average molecular weight is 386 g/mol. The Balaban J connectivity index is 0.00000312. The number of halogens is 1. The maximum atomic E-state index is 12.8. The van der Waals surface area contributed by atoms with Crippen molar-refractivity contribution < 1.29 is 9.59 Å². The number of benzene rings is 1. The van der Waals surface area contributed by atoms with Crippen LogP contribution in [0.3, 0.4) is 0 Å². The first-order valence-corrected chi connectivity index (χ1v) is 9.83. The van der Waals surface area contributed by atoms with Crippen LogP contribution in [0.5, 0.6) is 0 Å². The summed E-state index contributed by atoms with van der Waals surface area (Å²) < 4.78 is 0. The highest BCUT2D eigenvalue weighted by atomic mass is 35.5. The monoisotopic (exact) mass is 385 g/mol. The van der Waals surface area contributed by atoms with Gasteiger partial charge in [0.15, 0.2) is 0 Å². The number of amides is 2. The van der Waals surface area contributed by atoms with Crippen LogP contribution >= 0.6 is 24.2 Å². The molecule has 0 saturated carbocycles. The van der Waals surface area contributed by atoms with Crippen molar-refractivity contribution in [2.75, 3.05) is 38.7 Å². The number of hydrogen-bond acceptors (Lipinski definition) is 4. The topological polar surface area (TPSA) is 61.4 Å². The quantitative estimate of drug-likeness (QED) is 0.718.